The third-order valence-corrected chi connectivity index (χ3v) is 4.29. The number of carbonyl (C=O) groups is 1. The zero-order valence-electron chi connectivity index (χ0n) is 12.0. The smallest absolute Gasteiger partial charge is 0.240 e. The number of carbonyl (C=O) groups excluding carboxylic acids is 1. The van der Waals surface area contributed by atoms with Crippen molar-refractivity contribution in [1.82, 2.24) is 5.32 Å². The van der Waals surface area contributed by atoms with E-state index in [4.69, 9.17) is 5.26 Å². The Morgan fingerprint density at radius 1 is 1.17 bits per heavy atom. The fourth-order valence-electron chi connectivity index (χ4n) is 3.79. The SMILES string of the molecule is CC1(C)CC(NC(=O)C2(C#N)CC2)CC(C)(C)C1. The predicted molar refractivity (Wildman–Crippen MR) is 70.6 cm³/mol. The Labute approximate surface area is 110 Å². The molecule has 0 bridgehead atoms. The summed E-state index contributed by atoms with van der Waals surface area (Å²) in [7, 11) is 0. The van der Waals surface area contributed by atoms with Gasteiger partial charge in [-0.1, -0.05) is 27.7 Å². The first kappa shape index (κ1) is 13.4. The molecule has 2 fully saturated rings. The zero-order valence-corrected chi connectivity index (χ0v) is 12.0. The largest absolute Gasteiger partial charge is 0.352 e. The molecule has 0 saturated heterocycles. The molecule has 2 aliphatic rings. The van der Waals surface area contributed by atoms with Gasteiger partial charge in [-0.15, -0.1) is 0 Å². The highest BCUT2D eigenvalue weighted by atomic mass is 16.2. The second-order valence-corrected chi connectivity index (χ2v) is 7.78. The first-order chi connectivity index (χ1) is 8.18. The van der Waals surface area contributed by atoms with Crippen molar-refractivity contribution in [2.24, 2.45) is 16.2 Å². The van der Waals surface area contributed by atoms with Crippen LogP contribution in [0.3, 0.4) is 0 Å². The highest BCUT2D eigenvalue weighted by molar-refractivity contribution is 5.88. The molecule has 18 heavy (non-hydrogen) atoms. The molecular formula is C15H24N2O. The van der Waals surface area contributed by atoms with Crippen molar-refractivity contribution in [2.45, 2.75) is 65.8 Å². The fourth-order valence-corrected chi connectivity index (χ4v) is 3.79. The van der Waals surface area contributed by atoms with Gasteiger partial charge in [-0.25, -0.2) is 0 Å². The van der Waals surface area contributed by atoms with E-state index >= 15 is 0 Å². The van der Waals surface area contributed by atoms with Gasteiger partial charge in [0.15, 0.2) is 0 Å². The van der Waals surface area contributed by atoms with Crippen LogP contribution in [-0.2, 0) is 4.79 Å². The fraction of sp³-hybridized carbons (Fsp3) is 0.867. The Morgan fingerprint density at radius 3 is 2.06 bits per heavy atom. The van der Waals surface area contributed by atoms with Crippen molar-refractivity contribution < 1.29 is 4.79 Å². The van der Waals surface area contributed by atoms with Crippen LogP contribution in [0.15, 0.2) is 0 Å². The Kier molecular flexibility index (Phi) is 2.96. The quantitative estimate of drug-likeness (QED) is 0.816. The summed E-state index contributed by atoms with van der Waals surface area (Å²) in [6.07, 6.45) is 4.69. The maximum absolute atomic E-state index is 12.1. The van der Waals surface area contributed by atoms with Crippen molar-refractivity contribution >= 4 is 5.91 Å². The van der Waals surface area contributed by atoms with E-state index in [0.717, 1.165) is 25.7 Å². The molecule has 3 heteroatoms. The van der Waals surface area contributed by atoms with E-state index in [1.807, 2.05) is 0 Å². The minimum atomic E-state index is -0.689. The average molecular weight is 248 g/mol. The molecule has 0 aromatic heterocycles. The topological polar surface area (TPSA) is 52.9 Å². The molecule has 0 heterocycles. The van der Waals surface area contributed by atoms with Gasteiger partial charge in [-0.2, -0.15) is 5.26 Å². The lowest BCUT2D eigenvalue weighted by Crippen LogP contribution is -2.47. The van der Waals surface area contributed by atoms with E-state index in [-0.39, 0.29) is 22.8 Å². The lowest BCUT2D eigenvalue weighted by atomic mass is 9.63. The molecule has 0 radical (unpaired) electrons. The van der Waals surface area contributed by atoms with Gasteiger partial charge in [0.25, 0.3) is 0 Å². The second-order valence-electron chi connectivity index (χ2n) is 7.78. The maximum atomic E-state index is 12.1. The molecule has 0 aromatic rings. The lowest BCUT2D eigenvalue weighted by molar-refractivity contribution is -0.126. The molecule has 100 valence electrons. The molecule has 0 unspecified atom stereocenters. The number of nitrogens with one attached hydrogen (secondary N) is 1. The zero-order chi connectivity index (χ0) is 13.6. The molecule has 3 nitrogen and oxygen atoms in total. The van der Waals surface area contributed by atoms with Gasteiger partial charge < -0.3 is 5.32 Å². The van der Waals surface area contributed by atoms with Gasteiger partial charge in [-0.05, 0) is 42.9 Å². The number of nitrogens with zero attached hydrogens (tertiary/aromatic N) is 1. The number of rotatable bonds is 2. The molecule has 2 rings (SSSR count). The normalized spacial score (nSPS) is 28.2. The Bertz CT molecular complexity index is 383. The van der Waals surface area contributed by atoms with E-state index in [1.54, 1.807) is 0 Å². The first-order valence-corrected chi connectivity index (χ1v) is 6.90. The average Bonchev–Trinajstić information content (AvgIpc) is 2.92. The second kappa shape index (κ2) is 3.98. The van der Waals surface area contributed by atoms with Crippen LogP contribution in [0, 0.1) is 27.6 Å². The van der Waals surface area contributed by atoms with Crippen LogP contribution in [0.25, 0.3) is 0 Å². The number of hydrogen-bond acceptors (Lipinski definition) is 2. The first-order valence-electron chi connectivity index (χ1n) is 6.90. The van der Waals surface area contributed by atoms with Crippen LogP contribution in [0.4, 0.5) is 0 Å². The third-order valence-electron chi connectivity index (χ3n) is 4.29. The monoisotopic (exact) mass is 248 g/mol. The van der Waals surface area contributed by atoms with E-state index in [2.05, 4.69) is 39.1 Å². The van der Waals surface area contributed by atoms with E-state index in [0.29, 0.717) is 0 Å². The number of hydrogen-bond donors (Lipinski definition) is 1. The summed E-state index contributed by atoms with van der Waals surface area (Å²) in [6, 6.07) is 2.40. The minimum absolute atomic E-state index is 0.0384. The summed E-state index contributed by atoms with van der Waals surface area (Å²) >= 11 is 0. The molecule has 0 spiro atoms. The Hall–Kier alpha value is -1.04. The van der Waals surface area contributed by atoms with E-state index < -0.39 is 5.41 Å². The van der Waals surface area contributed by atoms with Gasteiger partial charge in [-0.3, -0.25) is 4.79 Å². The summed E-state index contributed by atoms with van der Waals surface area (Å²) in [5, 5.41) is 12.2. The summed E-state index contributed by atoms with van der Waals surface area (Å²) in [5.41, 5.74) is -0.155. The summed E-state index contributed by atoms with van der Waals surface area (Å²) in [4.78, 5) is 12.1. The molecule has 1 amide bonds. The molecule has 0 aliphatic heterocycles. The van der Waals surface area contributed by atoms with Crippen LogP contribution in [0.1, 0.15) is 59.8 Å². The summed E-state index contributed by atoms with van der Waals surface area (Å²) < 4.78 is 0. The minimum Gasteiger partial charge on any atom is -0.352 e. The molecular weight excluding hydrogens is 224 g/mol. The van der Waals surface area contributed by atoms with Crippen molar-refractivity contribution in [1.29, 1.82) is 5.26 Å². The van der Waals surface area contributed by atoms with Gasteiger partial charge in [0.1, 0.15) is 5.41 Å². The summed E-state index contributed by atoms with van der Waals surface area (Å²) in [6.45, 7) is 9.07. The standard InChI is InChI=1S/C15H24N2O/c1-13(2)7-11(8-14(3,4)9-13)17-12(18)15(10-16)5-6-15/h11H,5-9H2,1-4H3,(H,17,18). The van der Waals surface area contributed by atoms with Gasteiger partial charge in [0.05, 0.1) is 6.07 Å². The highest BCUT2D eigenvalue weighted by Gasteiger charge is 2.51. The predicted octanol–water partition coefficient (Wildman–Crippen LogP) is 3.01. The lowest BCUT2D eigenvalue weighted by Gasteiger charge is -2.45. The highest BCUT2D eigenvalue weighted by Crippen LogP contribution is 2.48. The Balaban J connectivity index is 2.02. The van der Waals surface area contributed by atoms with Crippen molar-refractivity contribution in [2.75, 3.05) is 0 Å². The van der Waals surface area contributed by atoms with Crippen molar-refractivity contribution in [3.8, 4) is 6.07 Å². The van der Waals surface area contributed by atoms with Crippen LogP contribution < -0.4 is 5.32 Å². The maximum Gasteiger partial charge on any atom is 0.240 e. The van der Waals surface area contributed by atoms with Gasteiger partial charge in [0.2, 0.25) is 5.91 Å². The molecule has 2 aliphatic carbocycles. The molecule has 1 N–H and O–H groups in total. The Morgan fingerprint density at radius 2 is 1.67 bits per heavy atom. The number of amides is 1. The van der Waals surface area contributed by atoms with Crippen LogP contribution >= 0.6 is 0 Å². The van der Waals surface area contributed by atoms with Gasteiger partial charge in [0, 0.05) is 6.04 Å². The third kappa shape index (κ3) is 2.68. The van der Waals surface area contributed by atoms with Crippen molar-refractivity contribution in [3.05, 3.63) is 0 Å². The van der Waals surface area contributed by atoms with Crippen LogP contribution in [0.5, 0.6) is 0 Å². The van der Waals surface area contributed by atoms with Crippen LogP contribution in [-0.4, -0.2) is 11.9 Å². The molecule has 2 saturated carbocycles. The van der Waals surface area contributed by atoms with E-state index in [1.165, 1.54) is 6.42 Å². The van der Waals surface area contributed by atoms with E-state index in [9.17, 15) is 4.79 Å². The van der Waals surface area contributed by atoms with Gasteiger partial charge >= 0.3 is 0 Å². The van der Waals surface area contributed by atoms with Crippen molar-refractivity contribution in [3.63, 3.8) is 0 Å². The number of nitriles is 1. The van der Waals surface area contributed by atoms with Crippen LogP contribution in [0.2, 0.25) is 0 Å². The molecule has 0 aromatic carbocycles. The summed E-state index contributed by atoms with van der Waals surface area (Å²) in [5.74, 6) is -0.0384. The molecule has 0 atom stereocenters.